The molecule has 0 saturated carbocycles. The molecular weight excluding hydrogens is 260 g/mol. The Morgan fingerprint density at radius 3 is 2.57 bits per heavy atom. The molecule has 2 aromatic rings. The molecule has 2 atom stereocenters. The lowest BCUT2D eigenvalue weighted by atomic mass is 9.95. The third kappa shape index (κ3) is 3.08. The van der Waals surface area contributed by atoms with Crippen molar-refractivity contribution in [1.29, 1.82) is 0 Å². The predicted molar refractivity (Wildman–Crippen MR) is 87.7 cm³/mol. The van der Waals surface area contributed by atoms with Crippen LogP contribution in [0, 0.1) is 13.8 Å². The summed E-state index contributed by atoms with van der Waals surface area (Å²) in [5, 5.41) is 0. The molecule has 2 unspecified atom stereocenters. The van der Waals surface area contributed by atoms with Crippen LogP contribution in [0.25, 0.3) is 0 Å². The first-order chi connectivity index (χ1) is 9.95. The van der Waals surface area contributed by atoms with Gasteiger partial charge in [0.1, 0.15) is 0 Å². The lowest BCUT2D eigenvalue weighted by Crippen LogP contribution is -2.30. The highest BCUT2D eigenvalue weighted by Crippen LogP contribution is 2.22. The highest BCUT2D eigenvalue weighted by molar-refractivity contribution is 5.38. The van der Waals surface area contributed by atoms with Crippen molar-refractivity contribution in [3.8, 4) is 0 Å². The average Bonchev–Trinajstić information content (AvgIpc) is 2.48. The van der Waals surface area contributed by atoms with E-state index >= 15 is 0 Å². The zero-order chi connectivity index (χ0) is 15.6. The molecule has 112 valence electrons. The zero-order valence-electron chi connectivity index (χ0n) is 13.3. The van der Waals surface area contributed by atoms with E-state index in [9.17, 15) is 4.79 Å². The molecule has 0 aliphatic carbocycles. The topological polar surface area (TPSA) is 48.0 Å². The molecule has 2 N–H and O–H groups in total. The van der Waals surface area contributed by atoms with Crippen molar-refractivity contribution in [2.75, 3.05) is 0 Å². The van der Waals surface area contributed by atoms with E-state index in [1.165, 1.54) is 0 Å². The number of benzene rings is 1. The number of pyridine rings is 1. The van der Waals surface area contributed by atoms with Crippen LogP contribution in [-0.4, -0.2) is 4.57 Å². The number of aromatic nitrogens is 1. The van der Waals surface area contributed by atoms with Gasteiger partial charge in [-0.15, -0.1) is 0 Å². The van der Waals surface area contributed by atoms with Gasteiger partial charge in [0.05, 0.1) is 6.04 Å². The largest absolute Gasteiger partial charge is 0.320 e. The van der Waals surface area contributed by atoms with Gasteiger partial charge in [-0.05, 0) is 44.4 Å². The van der Waals surface area contributed by atoms with Crippen LogP contribution in [-0.2, 0) is 0 Å². The molecule has 2 rings (SSSR count). The number of hydrogen-bond donors (Lipinski definition) is 1. The van der Waals surface area contributed by atoms with Crippen LogP contribution >= 0.6 is 0 Å². The van der Waals surface area contributed by atoms with Gasteiger partial charge in [0, 0.05) is 17.8 Å². The smallest absolute Gasteiger partial charge is 0.255 e. The highest BCUT2D eigenvalue weighted by Gasteiger charge is 2.17. The number of nitrogens with zero attached hydrogens (tertiary/aromatic N) is 1. The Kier molecular flexibility index (Phi) is 4.63. The van der Waals surface area contributed by atoms with Gasteiger partial charge in [-0.25, -0.2) is 0 Å². The first-order valence-corrected chi connectivity index (χ1v) is 7.49. The minimum atomic E-state index is -0.381. The molecule has 21 heavy (non-hydrogen) atoms. The van der Waals surface area contributed by atoms with Gasteiger partial charge in [0.25, 0.3) is 5.56 Å². The summed E-state index contributed by atoms with van der Waals surface area (Å²) in [6, 6.07) is 9.74. The minimum Gasteiger partial charge on any atom is -0.320 e. The quantitative estimate of drug-likeness (QED) is 0.934. The van der Waals surface area contributed by atoms with Crippen LogP contribution < -0.4 is 11.3 Å². The van der Waals surface area contributed by atoms with E-state index in [0.29, 0.717) is 5.56 Å². The van der Waals surface area contributed by atoms with Crippen molar-refractivity contribution in [3.63, 3.8) is 0 Å². The molecular formula is C18H24N2O. The summed E-state index contributed by atoms with van der Waals surface area (Å²) in [5.74, 6) is 0. The van der Waals surface area contributed by atoms with E-state index in [4.69, 9.17) is 5.73 Å². The van der Waals surface area contributed by atoms with E-state index in [1.807, 2.05) is 32.2 Å². The van der Waals surface area contributed by atoms with Gasteiger partial charge in [0.2, 0.25) is 0 Å². The normalized spacial score (nSPS) is 14.0. The molecule has 1 aromatic heterocycles. The Balaban J connectivity index is 2.51. The molecule has 0 bridgehead atoms. The summed E-state index contributed by atoms with van der Waals surface area (Å²) in [7, 11) is 0. The molecule has 1 aromatic carbocycles. The highest BCUT2D eigenvalue weighted by atomic mass is 16.1. The van der Waals surface area contributed by atoms with Crippen molar-refractivity contribution in [2.24, 2.45) is 5.73 Å². The van der Waals surface area contributed by atoms with Gasteiger partial charge in [0.15, 0.2) is 0 Å². The maximum atomic E-state index is 12.7. The van der Waals surface area contributed by atoms with Crippen LogP contribution in [0.1, 0.15) is 54.6 Å². The zero-order valence-corrected chi connectivity index (χ0v) is 13.3. The Bertz CT molecular complexity index is 688. The van der Waals surface area contributed by atoms with Crippen LogP contribution in [0.4, 0.5) is 0 Å². The molecule has 0 aliphatic rings. The average molecular weight is 284 g/mol. The van der Waals surface area contributed by atoms with Gasteiger partial charge >= 0.3 is 0 Å². The van der Waals surface area contributed by atoms with E-state index in [-0.39, 0.29) is 17.6 Å². The fraction of sp³-hybridized carbons (Fsp3) is 0.389. The Morgan fingerprint density at radius 2 is 1.90 bits per heavy atom. The summed E-state index contributed by atoms with van der Waals surface area (Å²) in [6.07, 6.45) is 2.76. The lowest BCUT2D eigenvalue weighted by Gasteiger charge is -2.19. The summed E-state index contributed by atoms with van der Waals surface area (Å²) in [5.41, 5.74) is 10.4. The SMILES string of the molecule is CCC(C)n1cccc(C(N)c2cc(C)ccc2C)c1=O. The van der Waals surface area contributed by atoms with Crippen LogP contribution in [0.2, 0.25) is 0 Å². The number of rotatable bonds is 4. The Morgan fingerprint density at radius 1 is 1.19 bits per heavy atom. The third-order valence-electron chi connectivity index (χ3n) is 4.17. The van der Waals surface area contributed by atoms with Crippen LogP contribution in [0.15, 0.2) is 41.3 Å². The molecule has 0 aliphatic heterocycles. The molecule has 0 spiro atoms. The van der Waals surface area contributed by atoms with E-state index in [0.717, 1.165) is 23.1 Å². The Hall–Kier alpha value is -1.87. The Labute approximate surface area is 126 Å². The van der Waals surface area contributed by atoms with Crippen molar-refractivity contribution in [2.45, 2.75) is 46.2 Å². The van der Waals surface area contributed by atoms with Crippen LogP contribution in [0.3, 0.4) is 0 Å². The fourth-order valence-corrected chi connectivity index (χ4v) is 2.57. The standard InChI is InChI=1S/C18H24N2O/c1-5-14(4)20-10-6-7-15(18(20)21)17(19)16-11-12(2)8-9-13(16)3/h6-11,14,17H,5,19H2,1-4H3. The molecule has 0 amide bonds. The number of nitrogens with two attached hydrogens (primary N) is 1. The number of hydrogen-bond acceptors (Lipinski definition) is 2. The number of aryl methyl sites for hydroxylation is 2. The van der Waals surface area contributed by atoms with E-state index < -0.39 is 0 Å². The van der Waals surface area contributed by atoms with E-state index in [1.54, 1.807) is 4.57 Å². The van der Waals surface area contributed by atoms with Gasteiger partial charge in [-0.1, -0.05) is 36.8 Å². The monoisotopic (exact) mass is 284 g/mol. The molecule has 3 nitrogen and oxygen atoms in total. The molecule has 1 heterocycles. The first-order valence-electron chi connectivity index (χ1n) is 7.49. The minimum absolute atomic E-state index is 0.0141. The van der Waals surface area contributed by atoms with Crippen molar-refractivity contribution < 1.29 is 0 Å². The van der Waals surface area contributed by atoms with Crippen LogP contribution in [0.5, 0.6) is 0 Å². The summed E-state index contributed by atoms with van der Waals surface area (Å²) >= 11 is 0. The second-order valence-corrected chi connectivity index (χ2v) is 5.77. The second-order valence-electron chi connectivity index (χ2n) is 5.77. The summed E-state index contributed by atoms with van der Waals surface area (Å²) in [6.45, 7) is 8.20. The van der Waals surface area contributed by atoms with Crippen molar-refractivity contribution >= 4 is 0 Å². The maximum Gasteiger partial charge on any atom is 0.255 e. The second kappa shape index (κ2) is 6.27. The molecule has 0 saturated heterocycles. The van der Waals surface area contributed by atoms with E-state index in [2.05, 4.69) is 32.0 Å². The maximum absolute atomic E-state index is 12.7. The summed E-state index contributed by atoms with van der Waals surface area (Å²) in [4.78, 5) is 12.7. The van der Waals surface area contributed by atoms with Gasteiger partial charge in [-0.2, -0.15) is 0 Å². The molecule has 3 heteroatoms. The summed E-state index contributed by atoms with van der Waals surface area (Å²) < 4.78 is 1.78. The molecule has 0 radical (unpaired) electrons. The van der Waals surface area contributed by atoms with Crippen molar-refractivity contribution in [3.05, 3.63) is 69.1 Å². The fourth-order valence-electron chi connectivity index (χ4n) is 2.57. The van der Waals surface area contributed by atoms with Gasteiger partial charge in [-0.3, -0.25) is 4.79 Å². The lowest BCUT2D eigenvalue weighted by molar-refractivity contribution is 0.509. The van der Waals surface area contributed by atoms with Gasteiger partial charge < -0.3 is 10.3 Å². The third-order valence-corrected chi connectivity index (χ3v) is 4.17. The molecule has 0 fully saturated rings. The van der Waals surface area contributed by atoms with Crippen molar-refractivity contribution in [1.82, 2.24) is 4.57 Å². The first kappa shape index (κ1) is 15.5. The predicted octanol–water partition coefficient (Wildman–Crippen LogP) is 3.48.